The second kappa shape index (κ2) is 8.88. The van der Waals surface area contributed by atoms with Crippen molar-refractivity contribution in [1.82, 2.24) is 0 Å². The van der Waals surface area contributed by atoms with E-state index in [1.165, 1.54) is 17.0 Å². The van der Waals surface area contributed by atoms with Gasteiger partial charge in [-0.25, -0.2) is 9.69 Å². The lowest BCUT2D eigenvalue weighted by molar-refractivity contribution is -0.122. The van der Waals surface area contributed by atoms with Gasteiger partial charge in [0.1, 0.15) is 0 Å². The smallest absolute Gasteiger partial charge is 0.338 e. The molecule has 6 nitrogen and oxygen atoms in total. The fraction of sp³-hybridized carbons (Fsp3) is 0.152. The molecule has 2 amide bonds. The van der Waals surface area contributed by atoms with Gasteiger partial charge in [-0.05, 0) is 46.5 Å². The number of hydrogen-bond donors (Lipinski definition) is 0. The summed E-state index contributed by atoms with van der Waals surface area (Å²) >= 11 is 0. The lowest BCUT2D eigenvalue weighted by Gasteiger charge is -2.45. The van der Waals surface area contributed by atoms with Crippen molar-refractivity contribution in [3.63, 3.8) is 0 Å². The zero-order valence-electron chi connectivity index (χ0n) is 20.8. The summed E-state index contributed by atoms with van der Waals surface area (Å²) in [6.45, 7) is -0.374. The summed E-state index contributed by atoms with van der Waals surface area (Å²) in [7, 11) is 0. The molecule has 0 unspecified atom stereocenters. The van der Waals surface area contributed by atoms with Crippen LogP contribution in [0.3, 0.4) is 0 Å². The third kappa shape index (κ3) is 3.48. The first-order valence-electron chi connectivity index (χ1n) is 13.0. The van der Waals surface area contributed by atoms with E-state index < -0.39 is 17.8 Å². The zero-order valence-corrected chi connectivity index (χ0v) is 20.8. The molecule has 2 bridgehead atoms. The van der Waals surface area contributed by atoms with E-state index in [0.717, 1.165) is 22.3 Å². The number of nitrogens with zero attached hydrogens (tertiary/aromatic N) is 1. The van der Waals surface area contributed by atoms with Gasteiger partial charge < -0.3 is 4.74 Å². The molecule has 6 heteroatoms. The van der Waals surface area contributed by atoms with E-state index in [0.29, 0.717) is 11.3 Å². The van der Waals surface area contributed by atoms with Crippen molar-refractivity contribution in [2.45, 2.75) is 11.8 Å². The van der Waals surface area contributed by atoms with E-state index >= 15 is 0 Å². The highest BCUT2D eigenvalue weighted by molar-refractivity contribution is 6.23. The Morgan fingerprint density at radius 1 is 0.590 bits per heavy atom. The molecule has 0 radical (unpaired) electrons. The Balaban J connectivity index is 1.15. The Kier molecular flexibility index (Phi) is 5.30. The van der Waals surface area contributed by atoms with E-state index in [-0.39, 0.29) is 41.6 Å². The number of rotatable bonds is 5. The number of ketones is 1. The second-order valence-corrected chi connectivity index (χ2v) is 10.2. The lowest BCUT2D eigenvalue weighted by Crippen LogP contribution is -2.41. The highest BCUT2D eigenvalue weighted by Crippen LogP contribution is 2.61. The first-order valence-corrected chi connectivity index (χ1v) is 13.0. The van der Waals surface area contributed by atoms with E-state index in [1.807, 2.05) is 24.3 Å². The van der Waals surface area contributed by atoms with Gasteiger partial charge in [-0.2, -0.15) is 0 Å². The number of benzene rings is 4. The molecule has 4 aliphatic rings. The van der Waals surface area contributed by atoms with Crippen LogP contribution in [0.4, 0.5) is 5.69 Å². The molecule has 0 aromatic heterocycles. The SMILES string of the molecule is O=C(COC(=O)c1ccc(N2C(=O)[C@@H]3C4c5ccccc5C(c5ccccc54)[C@H]3C2=O)cc1)c1ccccc1. The first kappa shape index (κ1) is 23.3. The van der Waals surface area contributed by atoms with Crippen LogP contribution in [-0.2, 0) is 14.3 Å². The largest absolute Gasteiger partial charge is 0.454 e. The minimum absolute atomic E-state index is 0.176. The number of imide groups is 1. The molecule has 1 fully saturated rings. The highest BCUT2D eigenvalue weighted by Gasteiger charge is 2.61. The lowest BCUT2D eigenvalue weighted by atomic mass is 9.55. The van der Waals surface area contributed by atoms with Crippen LogP contribution < -0.4 is 4.90 Å². The maximum Gasteiger partial charge on any atom is 0.338 e. The normalized spacial score (nSPS) is 22.2. The summed E-state index contributed by atoms with van der Waals surface area (Å²) in [5.74, 6) is -2.67. The predicted octanol–water partition coefficient (Wildman–Crippen LogP) is 5.12. The van der Waals surface area contributed by atoms with Crippen LogP contribution in [0.5, 0.6) is 0 Å². The molecule has 2 atom stereocenters. The number of esters is 1. The Morgan fingerprint density at radius 3 is 1.54 bits per heavy atom. The minimum atomic E-state index is -0.650. The van der Waals surface area contributed by atoms with Crippen molar-refractivity contribution >= 4 is 29.3 Å². The zero-order chi connectivity index (χ0) is 26.7. The molecule has 4 aromatic rings. The van der Waals surface area contributed by atoms with Crippen LogP contribution in [0, 0.1) is 11.8 Å². The molecule has 190 valence electrons. The van der Waals surface area contributed by atoms with E-state index in [4.69, 9.17) is 4.74 Å². The summed E-state index contributed by atoms with van der Waals surface area (Å²) in [6, 6.07) is 31.1. The van der Waals surface area contributed by atoms with Gasteiger partial charge in [-0.1, -0.05) is 78.9 Å². The van der Waals surface area contributed by atoms with Gasteiger partial charge in [0.2, 0.25) is 11.8 Å². The summed E-state index contributed by atoms with van der Waals surface area (Å²) in [5, 5.41) is 0. The van der Waals surface area contributed by atoms with Crippen molar-refractivity contribution in [2.75, 3.05) is 11.5 Å². The number of carbonyl (C=O) groups excluding carboxylic acids is 4. The van der Waals surface area contributed by atoms with Crippen LogP contribution >= 0.6 is 0 Å². The van der Waals surface area contributed by atoms with Crippen LogP contribution in [0.25, 0.3) is 0 Å². The maximum atomic E-state index is 13.9. The Morgan fingerprint density at radius 2 is 1.05 bits per heavy atom. The molecule has 3 aliphatic carbocycles. The third-order valence-corrected chi connectivity index (χ3v) is 8.24. The molecule has 0 N–H and O–H groups in total. The van der Waals surface area contributed by atoms with Crippen LogP contribution in [0.1, 0.15) is 54.8 Å². The molecule has 0 spiro atoms. The van der Waals surface area contributed by atoms with Gasteiger partial charge in [-0.15, -0.1) is 0 Å². The second-order valence-electron chi connectivity index (χ2n) is 10.2. The van der Waals surface area contributed by atoms with Crippen molar-refractivity contribution in [2.24, 2.45) is 11.8 Å². The minimum Gasteiger partial charge on any atom is -0.454 e. The van der Waals surface area contributed by atoms with Gasteiger partial charge in [0.25, 0.3) is 0 Å². The van der Waals surface area contributed by atoms with Crippen molar-refractivity contribution in [3.8, 4) is 0 Å². The molecule has 4 aromatic carbocycles. The first-order chi connectivity index (χ1) is 19.0. The van der Waals surface area contributed by atoms with Gasteiger partial charge >= 0.3 is 5.97 Å². The van der Waals surface area contributed by atoms with Gasteiger partial charge in [-0.3, -0.25) is 14.4 Å². The number of Topliss-reactive ketones (excluding diaryl/α,β-unsaturated/α-hetero) is 1. The van der Waals surface area contributed by atoms with Crippen molar-refractivity contribution in [3.05, 3.63) is 137 Å². The Hall–Kier alpha value is -4.84. The van der Waals surface area contributed by atoms with Gasteiger partial charge in [0.15, 0.2) is 12.4 Å². The average Bonchev–Trinajstić information content (AvgIpc) is 3.26. The number of ether oxygens (including phenoxy) is 1. The third-order valence-electron chi connectivity index (χ3n) is 8.24. The predicted molar refractivity (Wildman–Crippen MR) is 144 cm³/mol. The van der Waals surface area contributed by atoms with Gasteiger partial charge in [0, 0.05) is 17.4 Å². The van der Waals surface area contributed by atoms with E-state index in [9.17, 15) is 19.2 Å². The fourth-order valence-corrected chi connectivity index (χ4v) is 6.60. The highest BCUT2D eigenvalue weighted by atomic mass is 16.5. The average molecular weight is 514 g/mol. The van der Waals surface area contributed by atoms with Crippen LogP contribution in [0.2, 0.25) is 0 Å². The molecular weight excluding hydrogens is 490 g/mol. The molecule has 1 heterocycles. The summed E-state index contributed by atoms with van der Waals surface area (Å²) in [5.41, 5.74) is 5.59. The van der Waals surface area contributed by atoms with E-state index in [1.54, 1.807) is 42.5 Å². The summed E-state index contributed by atoms with van der Waals surface area (Å²) < 4.78 is 5.20. The van der Waals surface area contributed by atoms with Crippen molar-refractivity contribution < 1.29 is 23.9 Å². The summed E-state index contributed by atoms with van der Waals surface area (Å²) in [4.78, 5) is 53.9. The monoisotopic (exact) mass is 513 g/mol. The Bertz CT molecular complexity index is 1540. The fourth-order valence-electron chi connectivity index (χ4n) is 6.60. The molecule has 8 rings (SSSR count). The van der Waals surface area contributed by atoms with Crippen LogP contribution in [0.15, 0.2) is 103 Å². The van der Waals surface area contributed by atoms with Gasteiger partial charge in [0.05, 0.1) is 23.1 Å². The molecule has 0 saturated carbocycles. The maximum absolute atomic E-state index is 13.9. The topological polar surface area (TPSA) is 80.8 Å². The molecule has 1 saturated heterocycles. The molecular formula is C33H23NO5. The number of hydrogen-bond acceptors (Lipinski definition) is 5. The molecule has 1 aliphatic heterocycles. The molecule has 39 heavy (non-hydrogen) atoms. The van der Waals surface area contributed by atoms with Crippen LogP contribution in [-0.4, -0.2) is 30.2 Å². The number of anilines is 1. The van der Waals surface area contributed by atoms with E-state index in [2.05, 4.69) is 24.3 Å². The standard InChI is InChI=1S/C33H23NO5/c35-26(19-8-2-1-3-9-19)18-39-33(38)20-14-16-21(17-15-20)34-31(36)29-27-22-10-4-5-11-23(22)28(30(29)32(34)37)25-13-7-6-12-24(25)27/h1-17,27-30H,18H2/t27?,28?,29-,30-/m1/s1. The number of amides is 2. The Labute approximate surface area is 224 Å². The summed E-state index contributed by atoms with van der Waals surface area (Å²) in [6.07, 6.45) is 0. The van der Waals surface area contributed by atoms with Crippen molar-refractivity contribution in [1.29, 1.82) is 0 Å². The quantitative estimate of drug-likeness (QED) is 0.210. The number of carbonyl (C=O) groups is 4.